The van der Waals surface area contributed by atoms with Crippen molar-refractivity contribution in [2.24, 2.45) is 5.10 Å². The van der Waals surface area contributed by atoms with Gasteiger partial charge in [0.05, 0.1) is 11.4 Å². The van der Waals surface area contributed by atoms with E-state index in [9.17, 15) is 4.79 Å². The van der Waals surface area contributed by atoms with Crippen molar-refractivity contribution in [3.8, 4) is 0 Å². The monoisotopic (exact) mass is 426 g/mol. The van der Waals surface area contributed by atoms with Crippen LogP contribution < -0.4 is 10.6 Å². The molecule has 2 aliphatic heterocycles. The number of carbonyl (C=O) groups excluding carboxylic acids is 1. The van der Waals surface area contributed by atoms with Gasteiger partial charge in [-0.3, -0.25) is 9.80 Å². The van der Waals surface area contributed by atoms with Gasteiger partial charge in [-0.15, -0.1) is 0 Å². The molecule has 2 aromatic rings. The first kappa shape index (κ1) is 20.6. The first-order valence-electron chi connectivity index (χ1n) is 11.6. The summed E-state index contributed by atoms with van der Waals surface area (Å²) in [5.74, 6) is -0.0871. The lowest BCUT2D eigenvalue weighted by atomic mass is 9.86. The van der Waals surface area contributed by atoms with E-state index in [1.807, 2.05) is 17.1 Å². The van der Waals surface area contributed by atoms with Crippen LogP contribution in [0.25, 0.3) is 0 Å². The number of benzene rings is 2. The van der Waals surface area contributed by atoms with Gasteiger partial charge in [0, 0.05) is 24.3 Å². The highest BCUT2D eigenvalue weighted by atomic mass is 16.2. The van der Waals surface area contributed by atoms with E-state index in [1.165, 1.54) is 35.1 Å². The summed E-state index contributed by atoms with van der Waals surface area (Å²) < 4.78 is 0. The van der Waals surface area contributed by atoms with Gasteiger partial charge in [0.25, 0.3) is 0 Å². The van der Waals surface area contributed by atoms with Gasteiger partial charge in [-0.25, -0.2) is 0 Å². The maximum atomic E-state index is 13.0. The number of nitrogens with one attached hydrogen (secondary N) is 2. The SMILES string of the molecule is C=C1C2=C(CCCC2)CC(c2ccc(C)cc2)=NN1CC(=O)Nc1ccc2c(c1)NCC2. The number of amides is 1. The molecule has 2 heterocycles. The number of hydrazone groups is 1. The molecular formula is C27H30N4O. The van der Waals surface area contributed by atoms with Crippen LogP contribution >= 0.6 is 0 Å². The van der Waals surface area contributed by atoms with Crippen LogP contribution in [0.1, 0.15) is 48.8 Å². The van der Waals surface area contributed by atoms with Gasteiger partial charge in [-0.1, -0.05) is 48.0 Å². The molecule has 0 aromatic heterocycles. The number of nitrogens with zero attached hydrogens (tertiary/aromatic N) is 2. The fraction of sp³-hybridized carbons (Fsp3) is 0.333. The molecule has 5 nitrogen and oxygen atoms in total. The third kappa shape index (κ3) is 4.20. The molecule has 2 N–H and O–H groups in total. The van der Waals surface area contributed by atoms with Crippen molar-refractivity contribution in [3.05, 3.63) is 82.6 Å². The summed E-state index contributed by atoms with van der Waals surface area (Å²) in [7, 11) is 0. The Morgan fingerprint density at radius 1 is 1.12 bits per heavy atom. The van der Waals surface area contributed by atoms with Gasteiger partial charge in [0.2, 0.25) is 5.91 Å². The first-order chi connectivity index (χ1) is 15.6. The average Bonchev–Trinajstić information content (AvgIpc) is 3.21. The molecule has 2 aromatic carbocycles. The van der Waals surface area contributed by atoms with Gasteiger partial charge in [0.15, 0.2) is 0 Å². The lowest BCUT2D eigenvalue weighted by molar-refractivity contribution is -0.116. The summed E-state index contributed by atoms with van der Waals surface area (Å²) in [6.07, 6.45) is 6.33. The highest BCUT2D eigenvalue weighted by Gasteiger charge is 2.26. The molecule has 5 rings (SSSR count). The molecular weight excluding hydrogens is 396 g/mol. The fourth-order valence-electron chi connectivity index (χ4n) is 4.85. The zero-order valence-corrected chi connectivity index (χ0v) is 18.7. The second kappa shape index (κ2) is 8.65. The van der Waals surface area contributed by atoms with Gasteiger partial charge in [-0.2, -0.15) is 5.10 Å². The number of anilines is 2. The van der Waals surface area contributed by atoms with Gasteiger partial charge in [0.1, 0.15) is 6.54 Å². The van der Waals surface area contributed by atoms with Gasteiger partial charge >= 0.3 is 0 Å². The number of hydrogen-bond donors (Lipinski definition) is 2. The van der Waals surface area contributed by atoms with Crippen molar-refractivity contribution in [1.82, 2.24) is 5.01 Å². The van der Waals surface area contributed by atoms with Crippen LogP contribution in [0.15, 0.2) is 71.0 Å². The maximum Gasteiger partial charge on any atom is 0.246 e. The van der Waals surface area contributed by atoms with Crippen molar-refractivity contribution >= 4 is 23.0 Å². The summed E-state index contributed by atoms with van der Waals surface area (Å²) in [4.78, 5) is 13.0. The molecule has 0 bridgehead atoms. The molecule has 5 heteroatoms. The average molecular weight is 427 g/mol. The summed E-state index contributed by atoms with van der Waals surface area (Å²) in [5.41, 5.74) is 10.1. The topological polar surface area (TPSA) is 56.7 Å². The Kier molecular flexibility index (Phi) is 5.56. The molecule has 0 unspecified atom stereocenters. The van der Waals surface area contributed by atoms with Crippen LogP contribution in [0, 0.1) is 6.92 Å². The Morgan fingerprint density at radius 3 is 2.78 bits per heavy atom. The van der Waals surface area contributed by atoms with E-state index in [-0.39, 0.29) is 12.5 Å². The van der Waals surface area contributed by atoms with Gasteiger partial charge in [-0.05, 0) is 67.9 Å². The lowest BCUT2D eigenvalue weighted by Crippen LogP contribution is -2.30. The number of carbonyl (C=O) groups is 1. The van der Waals surface area contributed by atoms with Crippen LogP contribution in [0.3, 0.4) is 0 Å². The second-order valence-electron chi connectivity index (χ2n) is 8.98. The number of hydrogen-bond acceptors (Lipinski definition) is 4. The molecule has 3 aliphatic rings. The van der Waals surface area contributed by atoms with Crippen LogP contribution in [-0.4, -0.2) is 29.7 Å². The standard InChI is InChI=1S/C27H30N4O/c1-18-7-9-20(10-8-18)26-15-22-5-3-4-6-24(22)19(2)31(30-26)17-27(32)29-23-12-11-21-13-14-28-25(21)16-23/h7-12,16,28H,2-6,13-15,17H2,1H3,(H,29,32). The molecule has 164 valence electrons. The molecule has 0 saturated heterocycles. The predicted molar refractivity (Wildman–Crippen MR) is 131 cm³/mol. The number of aryl methyl sites for hydroxylation is 1. The van der Waals surface area contributed by atoms with Crippen LogP contribution in [0.5, 0.6) is 0 Å². The Hall–Kier alpha value is -3.34. The molecule has 0 atom stereocenters. The Bertz CT molecular complexity index is 1130. The van der Waals surface area contributed by atoms with E-state index in [2.05, 4.69) is 54.5 Å². The Balaban J connectivity index is 1.40. The molecule has 0 spiro atoms. The highest BCUT2D eigenvalue weighted by molar-refractivity contribution is 6.02. The Morgan fingerprint density at radius 2 is 1.94 bits per heavy atom. The van der Waals surface area contributed by atoms with E-state index in [4.69, 9.17) is 5.10 Å². The van der Waals surface area contributed by atoms with Gasteiger partial charge < -0.3 is 10.6 Å². The van der Waals surface area contributed by atoms with Crippen molar-refractivity contribution in [2.45, 2.75) is 45.4 Å². The summed E-state index contributed by atoms with van der Waals surface area (Å²) in [5, 5.41) is 13.2. The molecule has 0 radical (unpaired) electrons. The van der Waals surface area contributed by atoms with Crippen molar-refractivity contribution in [2.75, 3.05) is 23.7 Å². The molecule has 32 heavy (non-hydrogen) atoms. The van der Waals surface area contributed by atoms with E-state index in [0.717, 1.165) is 60.6 Å². The van der Waals surface area contributed by atoms with Crippen molar-refractivity contribution < 1.29 is 4.79 Å². The number of fused-ring (bicyclic) bond motifs is 1. The zero-order chi connectivity index (χ0) is 22.1. The minimum absolute atomic E-state index is 0.0871. The number of rotatable bonds is 4. The van der Waals surface area contributed by atoms with E-state index >= 15 is 0 Å². The van der Waals surface area contributed by atoms with Crippen LogP contribution in [0.2, 0.25) is 0 Å². The second-order valence-corrected chi connectivity index (χ2v) is 8.98. The molecule has 1 aliphatic carbocycles. The van der Waals surface area contributed by atoms with Crippen molar-refractivity contribution in [3.63, 3.8) is 0 Å². The predicted octanol–water partition coefficient (Wildman–Crippen LogP) is 5.40. The Labute approximate surface area is 189 Å². The van der Waals surface area contributed by atoms with E-state index < -0.39 is 0 Å². The van der Waals surface area contributed by atoms with Crippen molar-refractivity contribution in [1.29, 1.82) is 0 Å². The quantitative estimate of drug-likeness (QED) is 0.689. The molecule has 0 fully saturated rings. The minimum atomic E-state index is -0.0871. The zero-order valence-electron chi connectivity index (χ0n) is 18.7. The third-order valence-electron chi connectivity index (χ3n) is 6.65. The summed E-state index contributed by atoms with van der Waals surface area (Å²) in [6.45, 7) is 7.55. The summed E-state index contributed by atoms with van der Waals surface area (Å²) in [6, 6.07) is 14.6. The van der Waals surface area contributed by atoms with E-state index in [1.54, 1.807) is 0 Å². The van der Waals surface area contributed by atoms with Crippen LogP contribution in [0.4, 0.5) is 11.4 Å². The largest absolute Gasteiger partial charge is 0.384 e. The summed E-state index contributed by atoms with van der Waals surface area (Å²) >= 11 is 0. The van der Waals surface area contributed by atoms with E-state index in [0.29, 0.717) is 0 Å². The third-order valence-corrected chi connectivity index (χ3v) is 6.65. The van der Waals surface area contributed by atoms with Crippen LogP contribution in [-0.2, 0) is 11.2 Å². The molecule has 0 saturated carbocycles. The first-order valence-corrected chi connectivity index (χ1v) is 11.6. The smallest absolute Gasteiger partial charge is 0.246 e. The number of allylic oxidation sites excluding steroid dienone is 2. The minimum Gasteiger partial charge on any atom is -0.384 e. The highest BCUT2D eigenvalue weighted by Crippen LogP contribution is 2.36. The molecule has 1 amide bonds. The fourth-order valence-corrected chi connectivity index (χ4v) is 4.85. The normalized spacial score (nSPS) is 17.8. The lowest BCUT2D eigenvalue weighted by Gasteiger charge is -2.25. The maximum absolute atomic E-state index is 13.0.